The predicted octanol–water partition coefficient (Wildman–Crippen LogP) is 2.76. The topological polar surface area (TPSA) is 38.0 Å². The van der Waals surface area contributed by atoms with Gasteiger partial charge < -0.3 is 9.67 Å². The molecule has 2 aromatic rings. The Labute approximate surface area is 102 Å². The first kappa shape index (κ1) is 12.1. The quantitative estimate of drug-likeness (QED) is 0.860. The van der Waals surface area contributed by atoms with Gasteiger partial charge in [-0.25, -0.2) is 4.98 Å². The third-order valence-corrected chi connectivity index (χ3v) is 3.07. The molecule has 3 heteroatoms. The molecule has 17 heavy (non-hydrogen) atoms. The Kier molecular flexibility index (Phi) is 3.79. The first-order valence-electron chi connectivity index (χ1n) is 6.38. The van der Waals surface area contributed by atoms with Crippen molar-refractivity contribution in [2.75, 3.05) is 0 Å². The summed E-state index contributed by atoms with van der Waals surface area (Å²) < 4.78 is 2.16. The van der Waals surface area contributed by atoms with Crippen molar-refractivity contribution in [3.05, 3.63) is 30.1 Å². The van der Waals surface area contributed by atoms with E-state index in [-0.39, 0.29) is 6.10 Å². The molecule has 0 aliphatic heterocycles. The van der Waals surface area contributed by atoms with E-state index in [4.69, 9.17) is 0 Å². The van der Waals surface area contributed by atoms with Crippen molar-refractivity contribution in [1.82, 2.24) is 9.55 Å². The average Bonchev–Trinajstić information content (AvgIpc) is 2.68. The van der Waals surface area contributed by atoms with Crippen LogP contribution in [0.4, 0.5) is 0 Å². The van der Waals surface area contributed by atoms with Gasteiger partial charge in [0.15, 0.2) is 0 Å². The summed E-state index contributed by atoms with van der Waals surface area (Å²) in [6.07, 6.45) is 2.53. The number of aryl methyl sites for hydroxylation is 1. The van der Waals surface area contributed by atoms with E-state index in [1.54, 1.807) is 0 Å². The summed E-state index contributed by atoms with van der Waals surface area (Å²) >= 11 is 0. The Bertz CT molecular complexity index is 490. The Hall–Kier alpha value is -1.35. The summed E-state index contributed by atoms with van der Waals surface area (Å²) in [5.74, 6) is 1.08. The van der Waals surface area contributed by atoms with Crippen LogP contribution in [-0.2, 0) is 13.0 Å². The van der Waals surface area contributed by atoms with Crippen LogP contribution in [0, 0.1) is 0 Å². The molecule has 0 fully saturated rings. The zero-order valence-corrected chi connectivity index (χ0v) is 10.6. The summed E-state index contributed by atoms with van der Waals surface area (Å²) in [5.41, 5.74) is 2.16. The summed E-state index contributed by atoms with van der Waals surface area (Å²) in [7, 11) is 0. The lowest BCUT2D eigenvalue weighted by atomic mass is 10.2. The molecule has 0 amide bonds. The molecule has 2 rings (SSSR count). The van der Waals surface area contributed by atoms with Gasteiger partial charge in [-0.2, -0.15) is 0 Å². The molecule has 0 saturated carbocycles. The highest BCUT2D eigenvalue weighted by molar-refractivity contribution is 5.75. The highest BCUT2D eigenvalue weighted by Crippen LogP contribution is 2.18. The first-order chi connectivity index (χ1) is 8.26. The van der Waals surface area contributed by atoms with Gasteiger partial charge in [0.1, 0.15) is 5.82 Å². The van der Waals surface area contributed by atoms with E-state index >= 15 is 0 Å². The lowest BCUT2D eigenvalue weighted by Gasteiger charge is -2.12. The number of aromatic nitrogens is 2. The van der Waals surface area contributed by atoms with Crippen molar-refractivity contribution in [1.29, 1.82) is 0 Å². The highest BCUT2D eigenvalue weighted by atomic mass is 16.3. The van der Waals surface area contributed by atoms with Crippen molar-refractivity contribution >= 4 is 11.0 Å². The van der Waals surface area contributed by atoms with E-state index in [9.17, 15) is 5.11 Å². The zero-order chi connectivity index (χ0) is 12.3. The summed E-state index contributed by atoms with van der Waals surface area (Å²) in [6, 6.07) is 8.13. The van der Waals surface area contributed by atoms with Crippen LogP contribution in [0.1, 0.15) is 32.5 Å². The smallest absolute Gasteiger partial charge is 0.109 e. The standard InChI is InChI=1S/C14H20N2O/c1-3-7-14-15-12-8-5-6-9-13(12)16(14)10-11(17)4-2/h5-6,8-9,11,17H,3-4,7,10H2,1-2H3. The second-order valence-electron chi connectivity index (χ2n) is 4.44. The molecule has 0 aliphatic carbocycles. The van der Waals surface area contributed by atoms with Gasteiger partial charge in [0.2, 0.25) is 0 Å². The number of para-hydroxylation sites is 2. The van der Waals surface area contributed by atoms with E-state index in [0.717, 1.165) is 36.1 Å². The van der Waals surface area contributed by atoms with Crippen LogP contribution in [0.2, 0.25) is 0 Å². The fourth-order valence-corrected chi connectivity index (χ4v) is 2.08. The van der Waals surface area contributed by atoms with E-state index < -0.39 is 0 Å². The lowest BCUT2D eigenvalue weighted by Crippen LogP contribution is -2.16. The van der Waals surface area contributed by atoms with Crippen LogP contribution in [0.5, 0.6) is 0 Å². The number of hydrogen-bond acceptors (Lipinski definition) is 2. The summed E-state index contributed by atoms with van der Waals surface area (Å²) in [4.78, 5) is 4.64. The van der Waals surface area contributed by atoms with Crippen LogP contribution in [0.25, 0.3) is 11.0 Å². The van der Waals surface area contributed by atoms with Gasteiger partial charge in [0.25, 0.3) is 0 Å². The molecule has 1 aromatic carbocycles. The molecule has 0 saturated heterocycles. The fourth-order valence-electron chi connectivity index (χ4n) is 2.08. The molecule has 0 spiro atoms. The number of fused-ring (bicyclic) bond motifs is 1. The van der Waals surface area contributed by atoms with Crippen molar-refractivity contribution in [2.45, 2.75) is 45.8 Å². The minimum absolute atomic E-state index is 0.289. The third kappa shape index (κ3) is 2.50. The van der Waals surface area contributed by atoms with Gasteiger partial charge in [-0.15, -0.1) is 0 Å². The monoisotopic (exact) mass is 232 g/mol. The number of nitrogens with zero attached hydrogens (tertiary/aromatic N) is 2. The second kappa shape index (κ2) is 5.32. The lowest BCUT2D eigenvalue weighted by molar-refractivity contribution is 0.150. The highest BCUT2D eigenvalue weighted by Gasteiger charge is 2.12. The third-order valence-electron chi connectivity index (χ3n) is 3.07. The zero-order valence-electron chi connectivity index (χ0n) is 10.6. The largest absolute Gasteiger partial charge is 0.391 e. The molecule has 1 aromatic heterocycles. The van der Waals surface area contributed by atoms with Crippen molar-refractivity contribution in [2.24, 2.45) is 0 Å². The number of benzene rings is 1. The molecule has 1 N–H and O–H groups in total. The second-order valence-corrected chi connectivity index (χ2v) is 4.44. The minimum atomic E-state index is -0.289. The normalized spacial score (nSPS) is 13.1. The Morgan fingerprint density at radius 3 is 2.76 bits per heavy atom. The number of rotatable bonds is 5. The molecular formula is C14H20N2O. The first-order valence-corrected chi connectivity index (χ1v) is 6.38. The number of aliphatic hydroxyl groups excluding tert-OH is 1. The SMILES string of the molecule is CCCc1nc2ccccc2n1CC(O)CC. The van der Waals surface area contributed by atoms with Crippen molar-refractivity contribution in [3.8, 4) is 0 Å². The van der Waals surface area contributed by atoms with E-state index in [2.05, 4.69) is 22.5 Å². The summed E-state index contributed by atoms with van der Waals surface area (Å²) in [6.45, 7) is 4.80. The van der Waals surface area contributed by atoms with Gasteiger partial charge in [-0.3, -0.25) is 0 Å². The number of hydrogen-bond donors (Lipinski definition) is 1. The van der Waals surface area contributed by atoms with E-state index in [1.807, 2.05) is 25.1 Å². The summed E-state index contributed by atoms with van der Waals surface area (Å²) in [5, 5.41) is 9.83. The Morgan fingerprint density at radius 2 is 2.06 bits per heavy atom. The predicted molar refractivity (Wildman–Crippen MR) is 70.0 cm³/mol. The number of aliphatic hydroxyl groups is 1. The van der Waals surface area contributed by atoms with Gasteiger partial charge in [0, 0.05) is 6.42 Å². The molecule has 92 valence electrons. The number of imidazole rings is 1. The maximum atomic E-state index is 9.83. The molecule has 0 radical (unpaired) electrons. The molecule has 0 bridgehead atoms. The molecule has 1 unspecified atom stereocenters. The maximum absolute atomic E-state index is 9.83. The maximum Gasteiger partial charge on any atom is 0.109 e. The van der Waals surface area contributed by atoms with Gasteiger partial charge in [0.05, 0.1) is 23.7 Å². The van der Waals surface area contributed by atoms with Crippen LogP contribution in [-0.4, -0.2) is 20.8 Å². The van der Waals surface area contributed by atoms with Crippen molar-refractivity contribution in [3.63, 3.8) is 0 Å². The van der Waals surface area contributed by atoms with E-state index in [0.29, 0.717) is 6.54 Å². The molecule has 1 heterocycles. The molecule has 3 nitrogen and oxygen atoms in total. The van der Waals surface area contributed by atoms with Gasteiger partial charge in [-0.05, 0) is 25.0 Å². The van der Waals surface area contributed by atoms with Crippen LogP contribution >= 0.6 is 0 Å². The van der Waals surface area contributed by atoms with E-state index in [1.165, 1.54) is 0 Å². The van der Waals surface area contributed by atoms with Gasteiger partial charge >= 0.3 is 0 Å². The van der Waals surface area contributed by atoms with Crippen LogP contribution in [0.15, 0.2) is 24.3 Å². The van der Waals surface area contributed by atoms with Crippen LogP contribution in [0.3, 0.4) is 0 Å². The fraction of sp³-hybridized carbons (Fsp3) is 0.500. The van der Waals surface area contributed by atoms with Crippen molar-refractivity contribution < 1.29 is 5.11 Å². The minimum Gasteiger partial charge on any atom is -0.391 e. The molecule has 1 atom stereocenters. The van der Waals surface area contributed by atoms with Crippen LogP contribution < -0.4 is 0 Å². The average molecular weight is 232 g/mol. The Morgan fingerprint density at radius 1 is 1.29 bits per heavy atom. The van der Waals surface area contributed by atoms with Gasteiger partial charge in [-0.1, -0.05) is 26.0 Å². The Balaban J connectivity index is 2.44. The molecule has 0 aliphatic rings. The molecular weight excluding hydrogens is 212 g/mol.